The summed E-state index contributed by atoms with van der Waals surface area (Å²) >= 11 is 0. The van der Waals surface area contributed by atoms with E-state index in [1.54, 1.807) is 0 Å². The third kappa shape index (κ3) is 2.76. The van der Waals surface area contributed by atoms with E-state index in [-0.39, 0.29) is 0 Å². The van der Waals surface area contributed by atoms with Gasteiger partial charge in [-0.25, -0.2) is 4.79 Å². The summed E-state index contributed by atoms with van der Waals surface area (Å²) in [6.45, 7) is 0. The molecule has 0 aromatic heterocycles. The van der Waals surface area contributed by atoms with Crippen molar-refractivity contribution >= 4 is 16.1 Å². The molecule has 8 heteroatoms. The highest BCUT2D eigenvalue weighted by Gasteiger charge is 2.17. The van der Waals surface area contributed by atoms with Crippen molar-refractivity contribution in [2.45, 2.75) is 0 Å². The molecule has 0 amide bonds. The zero-order valence-corrected chi connectivity index (χ0v) is 8.85. The first-order valence-electron chi connectivity index (χ1n) is 3.89. The maximum absolute atomic E-state index is 10.8. The van der Waals surface area contributed by atoms with Crippen molar-refractivity contribution in [2.75, 3.05) is 6.26 Å². The Morgan fingerprint density at radius 2 is 1.88 bits per heavy atom. The smallest absolute Gasteiger partial charge is 0.335 e. The number of aromatic hydroxyl groups is 2. The lowest BCUT2D eigenvalue weighted by molar-refractivity contribution is 0.0696. The summed E-state index contributed by atoms with van der Waals surface area (Å²) in [4.78, 5) is 10.6. The molecule has 7 nitrogen and oxygen atoms in total. The van der Waals surface area contributed by atoms with Crippen molar-refractivity contribution in [3.05, 3.63) is 17.7 Å². The van der Waals surface area contributed by atoms with E-state index in [2.05, 4.69) is 4.18 Å². The molecule has 16 heavy (non-hydrogen) atoms. The van der Waals surface area contributed by atoms with Gasteiger partial charge in [-0.15, -0.1) is 0 Å². The standard InChI is InChI=1S/C8H8O7S/c1-16(13,14)15-6-3-4(8(11)12)2-5(9)7(6)10/h2-3,9-10H,1H3,(H,11,12). The van der Waals surface area contributed by atoms with Crippen LogP contribution in [0.25, 0.3) is 0 Å². The van der Waals surface area contributed by atoms with Crippen molar-refractivity contribution in [2.24, 2.45) is 0 Å². The maximum Gasteiger partial charge on any atom is 0.335 e. The average Bonchev–Trinajstić information content (AvgIpc) is 2.10. The molecule has 0 atom stereocenters. The number of hydrogen-bond donors (Lipinski definition) is 3. The molecule has 0 aliphatic carbocycles. The number of aromatic carboxylic acids is 1. The number of benzene rings is 1. The average molecular weight is 248 g/mol. The molecule has 1 aromatic carbocycles. The summed E-state index contributed by atoms with van der Waals surface area (Å²) in [5.74, 6) is -3.65. The van der Waals surface area contributed by atoms with Crippen LogP contribution in [0.2, 0.25) is 0 Å². The second-order valence-electron chi connectivity index (χ2n) is 2.93. The summed E-state index contributed by atoms with van der Waals surface area (Å²) in [5, 5.41) is 27.0. The molecule has 3 N–H and O–H groups in total. The Labute approximate surface area is 90.7 Å². The van der Waals surface area contributed by atoms with E-state index in [9.17, 15) is 18.3 Å². The molecule has 0 spiro atoms. The van der Waals surface area contributed by atoms with E-state index in [4.69, 9.17) is 10.2 Å². The van der Waals surface area contributed by atoms with Crippen LogP contribution < -0.4 is 4.18 Å². The van der Waals surface area contributed by atoms with E-state index in [1.165, 1.54) is 0 Å². The van der Waals surface area contributed by atoms with Gasteiger partial charge in [-0.05, 0) is 6.07 Å². The first-order valence-corrected chi connectivity index (χ1v) is 5.71. The normalized spacial score (nSPS) is 11.1. The van der Waals surface area contributed by atoms with Gasteiger partial charge in [-0.2, -0.15) is 8.42 Å². The van der Waals surface area contributed by atoms with Gasteiger partial charge in [-0.1, -0.05) is 0 Å². The molecule has 88 valence electrons. The van der Waals surface area contributed by atoms with Gasteiger partial charge in [0.2, 0.25) is 5.75 Å². The lowest BCUT2D eigenvalue weighted by atomic mass is 10.2. The number of rotatable bonds is 3. The number of carboxylic acid groups (broad SMARTS) is 1. The molecule has 0 saturated heterocycles. The highest BCUT2D eigenvalue weighted by Crippen LogP contribution is 2.37. The lowest BCUT2D eigenvalue weighted by Gasteiger charge is -2.07. The van der Waals surface area contributed by atoms with Crippen LogP contribution in [0.1, 0.15) is 10.4 Å². The molecule has 0 heterocycles. The Morgan fingerprint density at radius 3 is 2.31 bits per heavy atom. The van der Waals surface area contributed by atoms with Gasteiger partial charge in [-0.3, -0.25) is 0 Å². The Morgan fingerprint density at radius 1 is 1.31 bits per heavy atom. The van der Waals surface area contributed by atoms with Crippen LogP contribution in [-0.4, -0.2) is 36.0 Å². The van der Waals surface area contributed by atoms with Gasteiger partial charge < -0.3 is 19.5 Å². The van der Waals surface area contributed by atoms with Crippen LogP contribution in [0.5, 0.6) is 17.2 Å². The largest absolute Gasteiger partial charge is 0.504 e. The Hall–Kier alpha value is -1.96. The van der Waals surface area contributed by atoms with Crippen molar-refractivity contribution < 1.29 is 32.7 Å². The van der Waals surface area contributed by atoms with Crippen LogP contribution in [0, 0.1) is 0 Å². The topological polar surface area (TPSA) is 121 Å². The molecular formula is C8H8O7S. The third-order valence-corrected chi connectivity index (χ3v) is 2.03. The van der Waals surface area contributed by atoms with Gasteiger partial charge in [0.05, 0.1) is 11.8 Å². The number of phenols is 2. The van der Waals surface area contributed by atoms with Crippen LogP contribution >= 0.6 is 0 Å². The van der Waals surface area contributed by atoms with E-state index < -0.39 is 38.9 Å². The molecule has 0 saturated carbocycles. The maximum atomic E-state index is 10.8. The monoisotopic (exact) mass is 248 g/mol. The third-order valence-electron chi connectivity index (χ3n) is 1.54. The summed E-state index contributed by atoms with van der Waals surface area (Å²) < 4.78 is 25.9. The highest BCUT2D eigenvalue weighted by molar-refractivity contribution is 7.86. The summed E-state index contributed by atoms with van der Waals surface area (Å²) in [6, 6.07) is 1.56. The minimum Gasteiger partial charge on any atom is -0.504 e. The number of carbonyl (C=O) groups is 1. The predicted octanol–water partition coefficient (Wildman–Crippen LogP) is 0.134. The van der Waals surface area contributed by atoms with Crippen LogP contribution in [0.15, 0.2) is 12.1 Å². The fourth-order valence-electron chi connectivity index (χ4n) is 0.943. The Bertz CT molecular complexity index is 532. The SMILES string of the molecule is CS(=O)(=O)Oc1cc(C(=O)O)cc(O)c1O. The fourth-order valence-corrected chi connectivity index (χ4v) is 1.40. The summed E-state index contributed by atoms with van der Waals surface area (Å²) in [6.07, 6.45) is 0.719. The van der Waals surface area contributed by atoms with E-state index in [0.717, 1.165) is 18.4 Å². The first kappa shape index (κ1) is 12.1. The lowest BCUT2D eigenvalue weighted by Crippen LogP contribution is -2.07. The van der Waals surface area contributed by atoms with Crippen LogP contribution in [0.3, 0.4) is 0 Å². The highest BCUT2D eigenvalue weighted by atomic mass is 32.2. The van der Waals surface area contributed by atoms with Crippen LogP contribution in [0.4, 0.5) is 0 Å². The number of phenolic OH excluding ortho intramolecular Hbond substituents is 2. The number of carboxylic acids is 1. The van der Waals surface area contributed by atoms with E-state index in [1.807, 2.05) is 0 Å². The first-order chi connectivity index (χ1) is 7.20. The Balaban J connectivity index is 3.33. The van der Waals surface area contributed by atoms with Crippen molar-refractivity contribution in [1.82, 2.24) is 0 Å². The molecule has 0 aliphatic rings. The minimum atomic E-state index is -3.92. The molecule has 1 rings (SSSR count). The van der Waals surface area contributed by atoms with Crippen LogP contribution in [-0.2, 0) is 10.1 Å². The summed E-state index contributed by atoms with van der Waals surface area (Å²) in [5.41, 5.74) is -0.408. The zero-order chi connectivity index (χ0) is 12.5. The van der Waals surface area contributed by atoms with E-state index >= 15 is 0 Å². The second-order valence-corrected chi connectivity index (χ2v) is 4.51. The van der Waals surface area contributed by atoms with Crippen molar-refractivity contribution in [3.63, 3.8) is 0 Å². The molecule has 0 radical (unpaired) electrons. The molecule has 0 unspecified atom stereocenters. The number of hydrogen-bond acceptors (Lipinski definition) is 6. The predicted molar refractivity (Wildman–Crippen MR) is 52.2 cm³/mol. The van der Waals surface area contributed by atoms with E-state index in [0.29, 0.717) is 0 Å². The van der Waals surface area contributed by atoms with Gasteiger partial charge >= 0.3 is 16.1 Å². The summed E-state index contributed by atoms with van der Waals surface area (Å²) in [7, 11) is -3.92. The Kier molecular flexibility index (Phi) is 2.95. The quantitative estimate of drug-likeness (QED) is 0.513. The van der Waals surface area contributed by atoms with Gasteiger partial charge in [0, 0.05) is 6.07 Å². The zero-order valence-electron chi connectivity index (χ0n) is 8.04. The van der Waals surface area contributed by atoms with Gasteiger partial charge in [0.15, 0.2) is 11.5 Å². The van der Waals surface area contributed by atoms with Gasteiger partial charge in [0.1, 0.15) is 0 Å². The van der Waals surface area contributed by atoms with Gasteiger partial charge in [0.25, 0.3) is 0 Å². The minimum absolute atomic E-state index is 0.408. The second kappa shape index (κ2) is 3.89. The molecule has 0 fully saturated rings. The molecule has 0 bridgehead atoms. The fraction of sp³-hybridized carbons (Fsp3) is 0.125. The van der Waals surface area contributed by atoms with Crippen molar-refractivity contribution in [1.29, 1.82) is 0 Å². The molecular weight excluding hydrogens is 240 g/mol. The molecule has 1 aromatic rings. The van der Waals surface area contributed by atoms with Crippen molar-refractivity contribution in [3.8, 4) is 17.2 Å². The molecule has 0 aliphatic heterocycles.